The lowest BCUT2D eigenvalue weighted by Gasteiger charge is -2.24. The van der Waals surface area contributed by atoms with E-state index in [9.17, 15) is 19.2 Å². The van der Waals surface area contributed by atoms with E-state index in [0.717, 1.165) is 10.5 Å². The van der Waals surface area contributed by atoms with Crippen LogP contribution in [0.5, 0.6) is 0 Å². The Bertz CT molecular complexity index is 890. The number of amides is 3. The van der Waals surface area contributed by atoms with Gasteiger partial charge in [-0.3, -0.25) is 19.3 Å². The quantitative estimate of drug-likeness (QED) is 0.607. The fraction of sp³-hybridized carbons (Fsp3) is 0.238. The topological polar surface area (TPSA) is 92.8 Å². The van der Waals surface area contributed by atoms with Gasteiger partial charge in [-0.25, -0.2) is 4.79 Å². The van der Waals surface area contributed by atoms with Gasteiger partial charge in [0.2, 0.25) is 5.91 Å². The van der Waals surface area contributed by atoms with Crippen molar-refractivity contribution in [2.75, 3.05) is 7.11 Å². The lowest BCUT2D eigenvalue weighted by molar-refractivity contribution is -0.145. The SMILES string of the molecule is COC(=O)C(Cc1ccccc1)NC(=O)C(C)N1C(=O)c2ccccc2C1=O. The fourth-order valence-corrected chi connectivity index (χ4v) is 3.15. The number of carbonyl (C=O) groups is 4. The molecular weight excluding hydrogens is 360 g/mol. The number of ether oxygens (including phenoxy) is 1. The number of carbonyl (C=O) groups excluding carboxylic acids is 4. The van der Waals surface area contributed by atoms with Gasteiger partial charge in [0.1, 0.15) is 12.1 Å². The summed E-state index contributed by atoms with van der Waals surface area (Å²) in [6.07, 6.45) is 0.230. The molecule has 0 saturated heterocycles. The maximum absolute atomic E-state index is 12.7. The molecule has 0 spiro atoms. The molecule has 0 bridgehead atoms. The smallest absolute Gasteiger partial charge is 0.328 e. The van der Waals surface area contributed by atoms with E-state index in [4.69, 9.17) is 4.74 Å². The van der Waals surface area contributed by atoms with Gasteiger partial charge in [-0.05, 0) is 24.6 Å². The van der Waals surface area contributed by atoms with E-state index in [-0.39, 0.29) is 17.5 Å². The summed E-state index contributed by atoms with van der Waals surface area (Å²) in [6.45, 7) is 1.45. The molecule has 0 aliphatic carbocycles. The van der Waals surface area contributed by atoms with Crippen molar-refractivity contribution in [3.63, 3.8) is 0 Å². The molecule has 28 heavy (non-hydrogen) atoms. The third kappa shape index (κ3) is 3.64. The van der Waals surface area contributed by atoms with E-state index in [2.05, 4.69) is 5.32 Å². The van der Waals surface area contributed by atoms with E-state index >= 15 is 0 Å². The zero-order valence-corrected chi connectivity index (χ0v) is 15.5. The Morgan fingerprint density at radius 1 is 0.964 bits per heavy atom. The molecule has 2 aromatic carbocycles. The van der Waals surface area contributed by atoms with E-state index in [1.54, 1.807) is 24.3 Å². The van der Waals surface area contributed by atoms with Gasteiger partial charge in [-0.15, -0.1) is 0 Å². The summed E-state index contributed by atoms with van der Waals surface area (Å²) < 4.78 is 4.78. The Morgan fingerprint density at radius 2 is 1.50 bits per heavy atom. The first-order valence-corrected chi connectivity index (χ1v) is 8.83. The van der Waals surface area contributed by atoms with Crippen LogP contribution < -0.4 is 5.32 Å². The first-order valence-electron chi connectivity index (χ1n) is 8.83. The molecule has 144 valence electrons. The minimum absolute atomic E-state index is 0.230. The maximum atomic E-state index is 12.7. The number of hydrogen-bond donors (Lipinski definition) is 1. The summed E-state index contributed by atoms with van der Waals surface area (Å²) in [7, 11) is 1.24. The van der Waals surface area contributed by atoms with Gasteiger partial charge in [0, 0.05) is 6.42 Å². The minimum atomic E-state index is -1.07. The standard InChI is InChI=1S/C21H20N2O5/c1-13(23-19(25)15-10-6-7-11-16(15)20(23)26)18(24)22-17(21(27)28-2)12-14-8-4-3-5-9-14/h3-11,13,17H,12H2,1-2H3,(H,22,24). The van der Waals surface area contributed by atoms with Crippen LogP contribution in [-0.4, -0.2) is 47.8 Å². The van der Waals surface area contributed by atoms with E-state index < -0.39 is 35.8 Å². The van der Waals surface area contributed by atoms with Gasteiger partial charge in [-0.1, -0.05) is 42.5 Å². The number of nitrogens with one attached hydrogen (secondary N) is 1. The molecule has 2 unspecified atom stereocenters. The van der Waals surface area contributed by atoms with Crippen molar-refractivity contribution in [1.82, 2.24) is 10.2 Å². The van der Waals surface area contributed by atoms with Crippen molar-refractivity contribution in [3.8, 4) is 0 Å². The van der Waals surface area contributed by atoms with Crippen molar-refractivity contribution in [2.45, 2.75) is 25.4 Å². The zero-order valence-electron chi connectivity index (χ0n) is 15.5. The zero-order chi connectivity index (χ0) is 20.3. The highest BCUT2D eigenvalue weighted by Crippen LogP contribution is 2.24. The van der Waals surface area contributed by atoms with E-state index in [1.165, 1.54) is 14.0 Å². The number of imide groups is 1. The van der Waals surface area contributed by atoms with E-state index in [1.807, 2.05) is 30.3 Å². The number of hydrogen-bond acceptors (Lipinski definition) is 5. The van der Waals surface area contributed by atoms with Crippen LogP contribution in [0.25, 0.3) is 0 Å². The first kappa shape index (κ1) is 19.3. The van der Waals surface area contributed by atoms with Crippen LogP contribution in [-0.2, 0) is 20.7 Å². The molecule has 3 rings (SSSR count). The molecule has 0 aromatic heterocycles. The van der Waals surface area contributed by atoms with Gasteiger partial charge in [0.05, 0.1) is 18.2 Å². The van der Waals surface area contributed by atoms with Gasteiger partial charge >= 0.3 is 5.97 Å². The number of rotatable bonds is 6. The second kappa shape index (κ2) is 8.04. The van der Waals surface area contributed by atoms with Crippen LogP contribution in [0, 0.1) is 0 Å². The second-order valence-electron chi connectivity index (χ2n) is 6.48. The molecule has 7 nitrogen and oxygen atoms in total. The Kier molecular flexibility index (Phi) is 5.54. The highest BCUT2D eigenvalue weighted by Gasteiger charge is 2.41. The van der Waals surface area contributed by atoms with Crippen LogP contribution in [0.15, 0.2) is 54.6 Å². The molecule has 0 fully saturated rings. The van der Waals surface area contributed by atoms with Gasteiger partial charge in [-0.2, -0.15) is 0 Å². The molecule has 1 aliphatic rings. The molecule has 3 amide bonds. The molecule has 2 atom stereocenters. The molecule has 1 heterocycles. The molecule has 0 saturated carbocycles. The molecular formula is C21H20N2O5. The van der Waals surface area contributed by atoms with Crippen LogP contribution in [0.2, 0.25) is 0 Å². The summed E-state index contributed by atoms with van der Waals surface area (Å²) in [4.78, 5) is 50.9. The highest BCUT2D eigenvalue weighted by atomic mass is 16.5. The second-order valence-corrected chi connectivity index (χ2v) is 6.48. The van der Waals surface area contributed by atoms with Gasteiger partial charge in [0.25, 0.3) is 11.8 Å². The number of benzene rings is 2. The Hall–Kier alpha value is -3.48. The molecule has 7 heteroatoms. The number of methoxy groups -OCH3 is 1. The van der Waals surface area contributed by atoms with Crippen molar-refractivity contribution in [1.29, 1.82) is 0 Å². The average molecular weight is 380 g/mol. The number of nitrogens with zero attached hydrogens (tertiary/aromatic N) is 1. The van der Waals surface area contributed by atoms with Crippen molar-refractivity contribution in [2.24, 2.45) is 0 Å². The summed E-state index contributed by atoms with van der Waals surface area (Å²) in [5.74, 6) is -2.27. The molecule has 2 aromatic rings. The van der Waals surface area contributed by atoms with Gasteiger partial charge in [0.15, 0.2) is 0 Å². The van der Waals surface area contributed by atoms with Crippen LogP contribution >= 0.6 is 0 Å². The Morgan fingerprint density at radius 3 is 2.04 bits per heavy atom. The predicted molar refractivity (Wildman–Crippen MR) is 100 cm³/mol. The van der Waals surface area contributed by atoms with Gasteiger partial charge < -0.3 is 10.1 Å². The normalized spacial score (nSPS) is 15.0. The predicted octanol–water partition coefficient (Wildman–Crippen LogP) is 1.57. The largest absolute Gasteiger partial charge is 0.467 e. The minimum Gasteiger partial charge on any atom is -0.467 e. The van der Waals surface area contributed by atoms with Crippen molar-refractivity contribution in [3.05, 3.63) is 71.3 Å². The molecule has 1 N–H and O–H groups in total. The third-order valence-electron chi connectivity index (χ3n) is 4.68. The van der Waals surface area contributed by atoms with Crippen molar-refractivity contribution >= 4 is 23.7 Å². The number of fused-ring (bicyclic) bond motifs is 1. The molecule has 1 aliphatic heterocycles. The monoisotopic (exact) mass is 380 g/mol. The van der Waals surface area contributed by atoms with Crippen LogP contribution in [0.3, 0.4) is 0 Å². The average Bonchev–Trinajstić information content (AvgIpc) is 2.97. The number of esters is 1. The summed E-state index contributed by atoms with van der Waals surface area (Å²) in [5.41, 5.74) is 1.37. The maximum Gasteiger partial charge on any atom is 0.328 e. The summed E-state index contributed by atoms with van der Waals surface area (Å²) in [5, 5.41) is 2.60. The Balaban J connectivity index is 1.76. The summed E-state index contributed by atoms with van der Waals surface area (Å²) >= 11 is 0. The van der Waals surface area contributed by atoms with Crippen LogP contribution in [0.4, 0.5) is 0 Å². The van der Waals surface area contributed by atoms with Crippen molar-refractivity contribution < 1.29 is 23.9 Å². The fourth-order valence-electron chi connectivity index (χ4n) is 3.15. The lowest BCUT2D eigenvalue weighted by Crippen LogP contribution is -2.52. The molecule has 0 radical (unpaired) electrons. The van der Waals surface area contributed by atoms with E-state index in [0.29, 0.717) is 0 Å². The lowest BCUT2D eigenvalue weighted by atomic mass is 10.1. The van der Waals surface area contributed by atoms with Crippen LogP contribution in [0.1, 0.15) is 33.2 Å². The third-order valence-corrected chi connectivity index (χ3v) is 4.68. The summed E-state index contributed by atoms with van der Waals surface area (Å²) in [6, 6.07) is 13.6. The Labute approximate surface area is 162 Å². The first-order chi connectivity index (χ1) is 13.4. The highest BCUT2D eigenvalue weighted by molar-refractivity contribution is 6.22.